The van der Waals surface area contributed by atoms with Gasteiger partial charge in [-0.1, -0.05) is 29.3 Å². The highest BCUT2D eigenvalue weighted by Crippen LogP contribution is 2.38. The summed E-state index contributed by atoms with van der Waals surface area (Å²) in [4.78, 5) is 27.2. The summed E-state index contributed by atoms with van der Waals surface area (Å²) in [5, 5.41) is 4.40. The van der Waals surface area contributed by atoms with Crippen molar-refractivity contribution in [3.8, 4) is 0 Å². The molecule has 1 aromatic carbocycles. The largest absolute Gasteiger partial charge is 0.365 e. The fraction of sp³-hybridized carbons (Fsp3) is 0.333. The number of likely N-dealkylation sites (N-methyl/N-ethyl adjacent to an activating group) is 1. The number of carbonyl (C=O) groups excluding carboxylic acids is 2. The predicted octanol–water partition coefficient (Wildman–Crippen LogP) is 3.71. The van der Waals surface area contributed by atoms with Gasteiger partial charge in [0.25, 0.3) is 5.91 Å². The summed E-state index contributed by atoms with van der Waals surface area (Å²) in [6, 6.07) is 5.39. The van der Waals surface area contributed by atoms with Gasteiger partial charge in [0.05, 0.1) is 22.2 Å². The van der Waals surface area contributed by atoms with Crippen LogP contribution in [0.1, 0.15) is 32.8 Å². The number of carbonyl (C=O) groups is 2. The molecule has 0 spiro atoms. The van der Waals surface area contributed by atoms with Crippen molar-refractivity contribution in [3.05, 3.63) is 49.8 Å². The smallest absolute Gasteiger partial charge is 0.251 e. The first-order valence-corrected chi connectivity index (χ1v) is 9.79. The third-order valence-electron chi connectivity index (χ3n) is 4.27. The van der Waals surface area contributed by atoms with E-state index in [1.165, 1.54) is 11.3 Å². The highest BCUT2D eigenvalue weighted by Gasteiger charge is 2.26. The predicted molar refractivity (Wildman–Crippen MR) is 106 cm³/mol. The second-order valence-electron chi connectivity index (χ2n) is 6.39. The number of nitrogens with one attached hydrogen (secondary N) is 1. The Balaban J connectivity index is 1.64. The molecule has 1 aliphatic carbocycles. The maximum absolute atomic E-state index is 12.4. The van der Waals surface area contributed by atoms with Crippen molar-refractivity contribution in [2.45, 2.75) is 25.8 Å². The highest BCUT2D eigenvalue weighted by atomic mass is 35.5. The molecule has 0 saturated heterocycles. The lowest BCUT2D eigenvalue weighted by atomic mass is 10.1. The molecule has 3 rings (SSSR count). The Morgan fingerprint density at radius 3 is 2.73 bits per heavy atom. The quantitative estimate of drug-likeness (QED) is 0.760. The van der Waals surface area contributed by atoms with E-state index >= 15 is 0 Å². The minimum atomic E-state index is -0.483. The standard InChI is InChI=1S/C18H19Cl2N3O2S/c1-23(8-10-5-6-12(19)13(20)7-10)9-15(24)22-18-16(17(21)25)11-3-2-4-14(11)26-18/h5-7H,2-4,8-9H2,1H3,(H2,21,25)(H,22,24). The molecule has 0 aliphatic heterocycles. The Morgan fingerprint density at radius 1 is 1.27 bits per heavy atom. The lowest BCUT2D eigenvalue weighted by Crippen LogP contribution is -2.30. The average molecular weight is 412 g/mol. The van der Waals surface area contributed by atoms with Crippen LogP contribution in [0.4, 0.5) is 5.00 Å². The molecule has 5 nitrogen and oxygen atoms in total. The van der Waals surface area contributed by atoms with E-state index in [0.29, 0.717) is 27.2 Å². The summed E-state index contributed by atoms with van der Waals surface area (Å²) in [7, 11) is 1.84. The molecule has 0 fully saturated rings. The number of rotatable bonds is 6. The Morgan fingerprint density at radius 2 is 2.04 bits per heavy atom. The van der Waals surface area contributed by atoms with Gasteiger partial charge in [0.15, 0.2) is 0 Å². The summed E-state index contributed by atoms with van der Waals surface area (Å²) in [6.45, 7) is 0.731. The first kappa shape index (κ1) is 19.2. The topological polar surface area (TPSA) is 75.4 Å². The fourth-order valence-corrected chi connectivity index (χ4v) is 4.80. The van der Waals surface area contributed by atoms with Gasteiger partial charge in [0.2, 0.25) is 5.91 Å². The van der Waals surface area contributed by atoms with Gasteiger partial charge >= 0.3 is 0 Å². The van der Waals surface area contributed by atoms with Gasteiger partial charge in [-0.2, -0.15) is 0 Å². The average Bonchev–Trinajstić information content (AvgIpc) is 3.10. The number of nitrogens with two attached hydrogens (primary N) is 1. The van der Waals surface area contributed by atoms with E-state index in [4.69, 9.17) is 28.9 Å². The lowest BCUT2D eigenvalue weighted by molar-refractivity contribution is -0.117. The van der Waals surface area contributed by atoms with Crippen LogP contribution in [-0.4, -0.2) is 30.3 Å². The van der Waals surface area contributed by atoms with Gasteiger partial charge < -0.3 is 11.1 Å². The molecule has 0 radical (unpaired) electrons. The fourth-order valence-electron chi connectivity index (χ4n) is 3.17. The maximum atomic E-state index is 12.4. The first-order chi connectivity index (χ1) is 12.3. The first-order valence-electron chi connectivity index (χ1n) is 8.22. The zero-order valence-electron chi connectivity index (χ0n) is 14.3. The number of nitrogens with zero attached hydrogens (tertiary/aromatic N) is 1. The van der Waals surface area contributed by atoms with Crippen molar-refractivity contribution >= 4 is 51.4 Å². The minimum Gasteiger partial charge on any atom is -0.365 e. The number of thiophene rings is 1. The van der Waals surface area contributed by atoms with Crippen LogP contribution in [0.5, 0.6) is 0 Å². The summed E-state index contributed by atoms with van der Waals surface area (Å²) in [6.07, 6.45) is 2.81. The van der Waals surface area contributed by atoms with Gasteiger partial charge in [0.1, 0.15) is 5.00 Å². The van der Waals surface area contributed by atoms with Gasteiger partial charge in [-0.15, -0.1) is 11.3 Å². The van der Waals surface area contributed by atoms with Gasteiger partial charge in [-0.3, -0.25) is 14.5 Å². The highest BCUT2D eigenvalue weighted by molar-refractivity contribution is 7.17. The number of benzene rings is 1. The number of hydrogen-bond donors (Lipinski definition) is 2. The number of amides is 2. The van der Waals surface area contributed by atoms with Gasteiger partial charge in [0, 0.05) is 11.4 Å². The molecule has 0 saturated carbocycles. The number of fused-ring (bicyclic) bond motifs is 1. The molecule has 1 aromatic heterocycles. The van der Waals surface area contributed by atoms with E-state index in [9.17, 15) is 9.59 Å². The summed E-state index contributed by atoms with van der Waals surface area (Å²) in [5.41, 5.74) is 7.96. The van der Waals surface area contributed by atoms with Crippen molar-refractivity contribution in [1.82, 2.24) is 4.90 Å². The molecule has 0 bridgehead atoms. The number of anilines is 1. The molecule has 0 atom stereocenters. The molecule has 3 N–H and O–H groups in total. The van der Waals surface area contributed by atoms with Crippen molar-refractivity contribution in [1.29, 1.82) is 0 Å². The second kappa shape index (κ2) is 7.96. The zero-order valence-corrected chi connectivity index (χ0v) is 16.6. The molecule has 138 valence electrons. The molecule has 0 unspecified atom stereocenters. The molecule has 1 aliphatic rings. The van der Waals surface area contributed by atoms with Crippen LogP contribution in [0.15, 0.2) is 18.2 Å². The van der Waals surface area contributed by atoms with Crippen LogP contribution >= 0.6 is 34.5 Å². The molecule has 1 heterocycles. The van der Waals surface area contributed by atoms with Crippen molar-refractivity contribution in [2.24, 2.45) is 5.73 Å². The van der Waals surface area contributed by atoms with E-state index in [-0.39, 0.29) is 12.5 Å². The third kappa shape index (κ3) is 4.20. The van der Waals surface area contributed by atoms with Crippen molar-refractivity contribution < 1.29 is 9.59 Å². The van der Waals surface area contributed by atoms with Gasteiger partial charge in [-0.05, 0) is 49.6 Å². The number of halogens is 2. The SMILES string of the molecule is CN(CC(=O)Nc1sc2c(c1C(N)=O)CCC2)Cc1ccc(Cl)c(Cl)c1. The number of primary amides is 1. The summed E-state index contributed by atoms with van der Waals surface area (Å²) < 4.78 is 0. The van der Waals surface area contributed by atoms with E-state index in [1.807, 2.05) is 18.0 Å². The molecular weight excluding hydrogens is 393 g/mol. The monoisotopic (exact) mass is 411 g/mol. The van der Waals surface area contributed by atoms with E-state index < -0.39 is 5.91 Å². The van der Waals surface area contributed by atoms with Crippen molar-refractivity contribution in [3.63, 3.8) is 0 Å². The van der Waals surface area contributed by atoms with Crippen LogP contribution in [0, 0.1) is 0 Å². The van der Waals surface area contributed by atoms with Crippen LogP contribution < -0.4 is 11.1 Å². The van der Waals surface area contributed by atoms with Crippen LogP contribution in [0.3, 0.4) is 0 Å². The van der Waals surface area contributed by atoms with Crippen LogP contribution in [-0.2, 0) is 24.2 Å². The maximum Gasteiger partial charge on any atom is 0.251 e. The number of hydrogen-bond acceptors (Lipinski definition) is 4. The van der Waals surface area contributed by atoms with Crippen LogP contribution in [0.25, 0.3) is 0 Å². The Kier molecular flexibility index (Phi) is 5.87. The van der Waals surface area contributed by atoms with Crippen LogP contribution in [0.2, 0.25) is 10.0 Å². The van der Waals surface area contributed by atoms with E-state index in [2.05, 4.69) is 5.32 Å². The Labute approximate surface area is 166 Å². The molecule has 2 amide bonds. The van der Waals surface area contributed by atoms with E-state index in [0.717, 1.165) is 35.3 Å². The lowest BCUT2D eigenvalue weighted by Gasteiger charge is -2.16. The number of aryl methyl sites for hydroxylation is 1. The molecular formula is C18H19Cl2N3O2S. The third-order valence-corrected chi connectivity index (χ3v) is 6.22. The molecule has 2 aromatic rings. The second-order valence-corrected chi connectivity index (χ2v) is 8.31. The summed E-state index contributed by atoms with van der Waals surface area (Å²) >= 11 is 13.4. The zero-order chi connectivity index (χ0) is 18.8. The summed E-state index contributed by atoms with van der Waals surface area (Å²) in [5.74, 6) is -0.668. The van der Waals surface area contributed by atoms with E-state index in [1.54, 1.807) is 12.1 Å². The Bertz CT molecular complexity index is 866. The van der Waals surface area contributed by atoms with Crippen molar-refractivity contribution in [2.75, 3.05) is 18.9 Å². The molecule has 26 heavy (non-hydrogen) atoms. The van der Waals surface area contributed by atoms with Gasteiger partial charge in [-0.25, -0.2) is 0 Å². The minimum absolute atomic E-state index is 0.182. The Hall–Kier alpha value is -1.60. The normalized spacial score (nSPS) is 13.1. The molecule has 8 heteroatoms.